The van der Waals surface area contributed by atoms with Crippen LogP contribution in [0.1, 0.15) is 30.7 Å². The molecular formula is C12H19N5O. The molecule has 1 fully saturated rings. The summed E-state index contributed by atoms with van der Waals surface area (Å²) in [5.41, 5.74) is 7.23. The lowest BCUT2D eigenvalue weighted by Crippen LogP contribution is -2.30. The minimum Gasteiger partial charge on any atom is -0.330 e. The highest BCUT2D eigenvalue weighted by atomic mass is 16.2. The topological polar surface area (TPSA) is 93.8 Å². The molecule has 2 unspecified atom stereocenters. The van der Waals surface area contributed by atoms with Crippen molar-refractivity contribution in [2.24, 2.45) is 17.6 Å². The molecule has 0 saturated heterocycles. The van der Waals surface area contributed by atoms with Crippen LogP contribution in [0.25, 0.3) is 0 Å². The molecule has 2 rings (SSSR count). The molecule has 1 aromatic rings. The summed E-state index contributed by atoms with van der Waals surface area (Å²) in [6.45, 7) is 4.24. The number of carbonyl (C=O) groups is 1. The molecule has 1 saturated carbocycles. The minimum atomic E-state index is -0.0343. The van der Waals surface area contributed by atoms with E-state index in [0.29, 0.717) is 6.54 Å². The summed E-state index contributed by atoms with van der Waals surface area (Å²) >= 11 is 0. The van der Waals surface area contributed by atoms with Crippen molar-refractivity contribution in [2.45, 2.75) is 33.1 Å². The van der Waals surface area contributed by atoms with Gasteiger partial charge in [0.25, 0.3) is 0 Å². The van der Waals surface area contributed by atoms with Gasteiger partial charge in [0.2, 0.25) is 11.9 Å². The second-order valence-corrected chi connectivity index (χ2v) is 4.83. The van der Waals surface area contributed by atoms with Gasteiger partial charge in [-0.3, -0.25) is 10.1 Å². The Morgan fingerprint density at radius 2 is 2.11 bits per heavy atom. The zero-order valence-electron chi connectivity index (χ0n) is 10.8. The van der Waals surface area contributed by atoms with E-state index in [0.717, 1.165) is 30.7 Å². The van der Waals surface area contributed by atoms with Crippen LogP contribution in [0.3, 0.4) is 0 Å². The maximum absolute atomic E-state index is 12.1. The second-order valence-electron chi connectivity index (χ2n) is 4.83. The predicted molar refractivity (Wildman–Crippen MR) is 67.8 cm³/mol. The number of nitrogens with one attached hydrogen (secondary N) is 1. The summed E-state index contributed by atoms with van der Waals surface area (Å²) in [6, 6.07) is 0. The largest absolute Gasteiger partial charge is 0.330 e. The van der Waals surface area contributed by atoms with E-state index in [1.54, 1.807) is 0 Å². The summed E-state index contributed by atoms with van der Waals surface area (Å²) < 4.78 is 0. The fraction of sp³-hybridized carbons (Fsp3) is 0.667. The van der Waals surface area contributed by atoms with Crippen molar-refractivity contribution in [3.05, 3.63) is 11.4 Å². The number of carbonyl (C=O) groups excluding carboxylic acids is 1. The molecule has 0 spiro atoms. The van der Waals surface area contributed by atoms with Crippen LogP contribution in [0.2, 0.25) is 0 Å². The molecule has 0 bridgehead atoms. The lowest BCUT2D eigenvalue weighted by Gasteiger charge is -2.16. The monoisotopic (exact) mass is 249 g/mol. The van der Waals surface area contributed by atoms with Crippen LogP contribution in [0.15, 0.2) is 0 Å². The van der Waals surface area contributed by atoms with Crippen LogP contribution in [0, 0.1) is 25.7 Å². The Morgan fingerprint density at radius 1 is 1.33 bits per heavy atom. The standard InChI is InChI=1S/C12H19N5O/c1-7-8(2)16-17-12(14-7)15-11(18)10-5-3-4-9(10)6-13/h9-10H,3-6,13H2,1-2H3,(H,14,15,17,18). The van der Waals surface area contributed by atoms with E-state index in [4.69, 9.17) is 5.73 Å². The Bertz CT molecular complexity index is 448. The number of aryl methyl sites for hydroxylation is 2. The number of amides is 1. The summed E-state index contributed by atoms with van der Waals surface area (Å²) in [6.07, 6.45) is 2.98. The van der Waals surface area contributed by atoms with Gasteiger partial charge in [0, 0.05) is 5.92 Å². The molecular weight excluding hydrogens is 230 g/mol. The van der Waals surface area contributed by atoms with Crippen LogP contribution in [0.4, 0.5) is 5.95 Å². The van der Waals surface area contributed by atoms with E-state index in [1.807, 2.05) is 13.8 Å². The molecule has 0 radical (unpaired) electrons. The molecule has 0 aliphatic heterocycles. The molecule has 1 aliphatic rings. The molecule has 1 aromatic heterocycles. The van der Waals surface area contributed by atoms with Crippen LogP contribution in [-0.4, -0.2) is 27.6 Å². The van der Waals surface area contributed by atoms with Gasteiger partial charge in [-0.2, -0.15) is 5.10 Å². The average Bonchev–Trinajstić information content (AvgIpc) is 2.82. The Morgan fingerprint density at radius 3 is 2.78 bits per heavy atom. The van der Waals surface area contributed by atoms with Gasteiger partial charge in [0.05, 0.1) is 11.4 Å². The lowest BCUT2D eigenvalue weighted by molar-refractivity contribution is -0.120. The third kappa shape index (κ3) is 2.64. The molecule has 3 N–H and O–H groups in total. The van der Waals surface area contributed by atoms with Gasteiger partial charge < -0.3 is 5.73 Å². The number of hydrogen-bond acceptors (Lipinski definition) is 5. The number of nitrogens with zero attached hydrogens (tertiary/aromatic N) is 3. The van der Waals surface area contributed by atoms with Crippen LogP contribution < -0.4 is 11.1 Å². The van der Waals surface area contributed by atoms with Gasteiger partial charge in [-0.1, -0.05) is 6.42 Å². The number of anilines is 1. The van der Waals surface area contributed by atoms with Gasteiger partial charge >= 0.3 is 0 Å². The third-order valence-electron chi connectivity index (χ3n) is 3.63. The first kappa shape index (κ1) is 12.9. The molecule has 6 nitrogen and oxygen atoms in total. The Balaban J connectivity index is 2.04. The van der Waals surface area contributed by atoms with Gasteiger partial charge in [-0.25, -0.2) is 4.98 Å². The molecule has 1 aliphatic carbocycles. The molecule has 6 heteroatoms. The average molecular weight is 249 g/mol. The number of hydrogen-bond donors (Lipinski definition) is 2. The highest BCUT2D eigenvalue weighted by Gasteiger charge is 2.32. The first-order chi connectivity index (χ1) is 8.61. The normalized spacial score (nSPS) is 23.1. The van der Waals surface area contributed by atoms with Gasteiger partial charge in [0.15, 0.2) is 0 Å². The van der Waals surface area contributed by atoms with E-state index in [1.165, 1.54) is 0 Å². The number of nitrogens with two attached hydrogens (primary N) is 1. The Labute approximate surface area is 106 Å². The van der Waals surface area contributed by atoms with Gasteiger partial charge in [-0.05, 0) is 39.2 Å². The quantitative estimate of drug-likeness (QED) is 0.826. The minimum absolute atomic E-state index is 0.0137. The summed E-state index contributed by atoms with van der Waals surface area (Å²) in [5, 5.41) is 10.6. The van der Waals surface area contributed by atoms with Crippen molar-refractivity contribution in [2.75, 3.05) is 11.9 Å². The summed E-state index contributed by atoms with van der Waals surface area (Å²) in [5.74, 6) is 0.517. The molecule has 2 atom stereocenters. The maximum Gasteiger partial charge on any atom is 0.249 e. The lowest BCUT2D eigenvalue weighted by atomic mass is 9.95. The van der Waals surface area contributed by atoms with E-state index in [-0.39, 0.29) is 23.7 Å². The number of rotatable bonds is 3. The SMILES string of the molecule is Cc1nnc(NC(=O)C2CCCC2CN)nc1C. The van der Waals surface area contributed by atoms with Crippen molar-refractivity contribution in [3.63, 3.8) is 0 Å². The second kappa shape index (κ2) is 5.39. The van der Waals surface area contributed by atoms with E-state index in [2.05, 4.69) is 20.5 Å². The van der Waals surface area contributed by atoms with Crippen LogP contribution >= 0.6 is 0 Å². The molecule has 1 amide bonds. The van der Waals surface area contributed by atoms with Crippen molar-refractivity contribution >= 4 is 11.9 Å². The Hall–Kier alpha value is -1.56. The highest BCUT2D eigenvalue weighted by molar-refractivity contribution is 5.91. The fourth-order valence-electron chi connectivity index (χ4n) is 2.38. The summed E-state index contributed by atoms with van der Waals surface area (Å²) in [4.78, 5) is 16.3. The van der Waals surface area contributed by atoms with Crippen molar-refractivity contribution in [3.8, 4) is 0 Å². The zero-order valence-corrected chi connectivity index (χ0v) is 10.8. The van der Waals surface area contributed by atoms with Gasteiger partial charge in [0.1, 0.15) is 0 Å². The van der Waals surface area contributed by atoms with E-state index in [9.17, 15) is 4.79 Å². The van der Waals surface area contributed by atoms with Crippen LogP contribution in [-0.2, 0) is 4.79 Å². The molecule has 0 aromatic carbocycles. The first-order valence-electron chi connectivity index (χ1n) is 6.30. The molecule has 98 valence electrons. The third-order valence-corrected chi connectivity index (χ3v) is 3.63. The first-order valence-corrected chi connectivity index (χ1v) is 6.30. The molecule has 1 heterocycles. The van der Waals surface area contributed by atoms with Crippen molar-refractivity contribution in [1.82, 2.24) is 15.2 Å². The van der Waals surface area contributed by atoms with Crippen LogP contribution in [0.5, 0.6) is 0 Å². The summed E-state index contributed by atoms with van der Waals surface area (Å²) in [7, 11) is 0. The maximum atomic E-state index is 12.1. The zero-order chi connectivity index (χ0) is 13.1. The predicted octanol–water partition coefficient (Wildman–Crippen LogP) is 0.802. The van der Waals surface area contributed by atoms with E-state index < -0.39 is 0 Å². The van der Waals surface area contributed by atoms with Gasteiger partial charge in [-0.15, -0.1) is 5.10 Å². The number of aromatic nitrogens is 3. The smallest absolute Gasteiger partial charge is 0.249 e. The molecule has 18 heavy (non-hydrogen) atoms. The Kier molecular flexibility index (Phi) is 3.86. The fourth-order valence-corrected chi connectivity index (χ4v) is 2.38. The highest BCUT2D eigenvalue weighted by Crippen LogP contribution is 2.31. The van der Waals surface area contributed by atoms with E-state index >= 15 is 0 Å². The van der Waals surface area contributed by atoms with Crippen molar-refractivity contribution in [1.29, 1.82) is 0 Å². The van der Waals surface area contributed by atoms with Crippen molar-refractivity contribution < 1.29 is 4.79 Å².